The van der Waals surface area contributed by atoms with Crippen LogP contribution >= 0.6 is 11.8 Å². The van der Waals surface area contributed by atoms with Gasteiger partial charge in [0.15, 0.2) is 10.9 Å². The van der Waals surface area contributed by atoms with E-state index >= 15 is 0 Å². The lowest BCUT2D eigenvalue weighted by atomic mass is 10.2. The molecular weight excluding hydrogens is 378 g/mol. The zero-order valence-electron chi connectivity index (χ0n) is 16.1. The van der Waals surface area contributed by atoms with Gasteiger partial charge in [-0.25, -0.2) is 0 Å². The van der Waals surface area contributed by atoms with Crippen LogP contribution < -0.4 is 4.74 Å². The molecule has 28 heavy (non-hydrogen) atoms. The average molecular weight is 401 g/mol. The van der Waals surface area contributed by atoms with Crippen LogP contribution in [0.5, 0.6) is 5.75 Å². The highest BCUT2D eigenvalue weighted by Crippen LogP contribution is 2.35. The Morgan fingerprint density at radius 2 is 2.04 bits per heavy atom. The molecule has 0 radical (unpaired) electrons. The maximum absolute atomic E-state index is 12.4. The van der Waals surface area contributed by atoms with Crippen molar-refractivity contribution in [2.75, 3.05) is 13.7 Å². The predicted octanol–water partition coefficient (Wildman–Crippen LogP) is 4.36. The maximum atomic E-state index is 12.4. The Morgan fingerprint density at radius 1 is 1.21 bits per heavy atom. The second kappa shape index (κ2) is 9.45. The number of hydrogen-bond acceptors (Lipinski definition) is 7. The number of nitrogens with zero attached hydrogens (tertiary/aromatic N) is 3. The highest BCUT2D eigenvalue weighted by Gasteiger charge is 2.27. The quantitative estimate of drug-likeness (QED) is 0.389. The van der Waals surface area contributed by atoms with Crippen molar-refractivity contribution in [3.05, 3.63) is 42.7 Å². The van der Waals surface area contributed by atoms with Gasteiger partial charge in [-0.1, -0.05) is 37.2 Å². The lowest BCUT2D eigenvalue weighted by molar-refractivity contribution is -0.142. The van der Waals surface area contributed by atoms with Crippen molar-refractivity contribution in [2.24, 2.45) is 0 Å². The Kier molecular flexibility index (Phi) is 6.76. The Labute approximate surface area is 168 Å². The lowest BCUT2D eigenvalue weighted by Crippen LogP contribution is -2.21. The van der Waals surface area contributed by atoms with Gasteiger partial charge in [0.25, 0.3) is 0 Å². The second-order valence-corrected chi connectivity index (χ2v) is 7.11. The zero-order chi connectivity index (χ0) is 19.9. The number of esters is 1. The first-order valence-corrected chi connectivity index (χ1v) is 10.0. The molecule has 2 heterocycles. The topological polar surface area (TPSA) is 79.4 Å². The first-order chi connectivity index (χ1) is 13.7. The van der Waals surface area contributed by atoms with Gasteiger partial charge in [0.1, 0.15) is 11.0 Å². The molecule has 0 unspecified atom stereocenters. The molecule has 148 valence electrons. The van der Waals surface area contributed by atoms with Gasteiger partial charge in [-0.2, -0.15) is 0 Å². The van der Waals surface area contributed by atoms with E-state index in [1.54, 1.807) is 26.4 Å². The van der Waals surface area contributed by atoms with Crippen LogP contribution in [0.1, 0.15) is 26.7 Å². The average Bonchev–Trinajstić information content (AvgIpc) is 3.37. The number of methoxy groups -OCH3 is 1. The molecule has 7 nitrogen and oxygen atoms in total. The number of carbonyl (C=O) groups is 1. The minimum absolute atomic E-state index is 0.247. The number of carbonyl (C=O) groups excluding carboxylic acids is 1. The molecule has 8 heteroatoms. The summed E-state index contributed by atoms with van der Waals surface area (Å²) in [7, 11) is 1.61. The van der Waals surface area contributed by atoms with Gasteiger partial charge in [-0.15, -0.1) is 10.2 Å². The summed E-state index contributed by atoms with van der Waals surface area (Å²) in [4.78, 5) is 12.4. The number of furan rings is 1. The van der Waals surface area contributed by atoms with Crippen molar-refractivity contribution < 1.29 is 18.7 Å². The Bertz CT molecular complexity index is 908. The fourth-order valence-electron chi connectivity index (χ4n) is 2.79. The second-order valence-electron chi connectivity index (χ2n) is 5.94. The van der Waals surface area contributed by atoms with E-state index in [4.69, 9.17) is 13.9 Å². The summed E-state index contributed by atoms with van der Waals surface area (Å²) in [5, 5.41) is 8.86. The molecule has 0 N–H and O–H groups in total. The number of rotatable bonds is 9. The van der Waals surface area contributed by atoms with Crippen LogP contribution in [-0.4, -0.2) is 39.7 Å². The zero-order valence-corrected chi connectivity index (χ0v) is 16.9. The molecule has 0 saturated heterocycles. The minimum atomic E-state index is -0.368. The molecule has 0 aliphatic carbocycles. The number of hydrogen-bond donors (Lipinski definition) is 0. The van der Waals surface area contributed by atoms with Gasteiger partial charge in [-0.05, 0) is 37.6 Å². The van der Waals surface area contributed by atoms with Crippen molar-refractivity contribution in [2.45, 2.75) is 37.1 Å². The molecule has 0 fully saturated rings. The van der Waals surface area contributed by atoms with Gasteiger partial charge in [0, 0.05) is 0 Å². The third kappa shape index (κ3) is 4.22. The van der Waals surface area contributed by atoms with Gasteiger partial charge in [-0.3, -0.25) is 9.36 Å². The van der Waals surface area contributed by atoms with E-state index in [1.165, 1.54) is 11.8 Å². The Morgan fingerprint density at radius 3 is 2.71 bits per heavy atom. The molecule has 0 saturated carbocycles. The van der Waals surface area contributed by atoms with Crippen molar-refractivity contribution in [1.29, 1.82) is 0 Å². The van der Waals surface area contributed by atoms with Crippen LogP contribution in [0.2, 0.25) is 0 Å². The van der Waals surface area contributed by atoms with Gasteiger partial charge < -0.3 is 13.9 Å². The van der Waals surface area contributed by atoms with Crippen molar-refractivity contribution in [3.8, 4) is 23.0 Å². The number of ether oxygens (including phenoxy) is 2. The standard InChI is InChI=1S/C20H23N3O4S/c1-4-9-17(19(24)26-5-2)28-20-22-21-18(16-12-8-13-27-16)23(20)14-10-6-7-11-15(14)25-3/h6-8,10-13,17H,4-5,9H2,1-3H3/t17-/m0/s1. The molecule has 0 bridgehead atoms. The van der Waals surface area contributed by atoms with Crippen LogP contribution in [0.15, 0.2) is 52.2 Å². The Balaban J connectivity index is 2.08. The highest BCUT2D eigenvalue weighted by molar-refractivity contribution is 8.00. The summed E-state index contributed by atoms with van der Waals surface area (Å²) in [6.07, 6.45) is 3.12. The molecule has 0 amide bonds. The molecule has 0 aliphatic heterocycles. The molecule has 3 aromatic rings. The van der Waals surface area contributed by atoms with E-state index in [0.29, 0.717) is 35.5 Å². The molecule has 0 aliphatic rings. The van der Waals surface area contributed by atoms with E-state index in [-0.39, 0.29) is 11.2 Å². The van der Waals surface area contributed by atoms with Crippen molar-refractivity contribution >= 4 is 17.7 Å². The van der Waals surface area contributed by atoms with E-state index in [2.05, 4.69) is 10.2 Å². The largest absolute Gasteiger partial charge is 0.495 e. The fourth-order valence-corrected chi connectivity index (χ4v) is 3.94. The summed E-state index contributed by atoms with van der Waals surface area (Å²) >= 11 is 1.34. The summed E-state index contributed by atoms with van der Waals surface area (Å²) in [5.74, 6) is 1.54. The highest BCUT2D eigenvalue weighted by atomic mass is 32.2. The van der Waals surface area contributed by atoms with Crippen molar-refractivity contribution in [1.82, 2.24) is 14.8 Å². The first-order valence-electron chi connectivity index (χ1n) is 9.15. The van der Waals surface area contributed by atoms with Crippen LogP contribution in [-0.2, 0) is 9.53 Å². The summed E-state index contributed by atoms with van der Waals surface area (Å²) in [6, 6.07) is 11.2. The Hall–Kier alpha value is -2.74. The minimum Gasteiger partial charge on any atom is -0.495 e. The number of aromatic nitrogens is 3. The van der Waals surface area contributed by atoms with Gasteiger partial charge in [0.2, 0.25) is 5.82 Å². The fraction of sp³-hybridized carbons (Fsp3) is 0.350. The van der Waals surface area contributed by atoms with Crippen molar-refractivity contribution in [3.63, 3.8) is 0 Å². The summed E-state index contributed by atoms with van der Waals surface area (Å²) < 4.78 is 18.2. The molecule has 0 spiro atoms. The van der Waals surface area contributed by atoms with Crippen LogP contribution in [0.25, 0.3) is 17.3 Å². The van der Waals surface area contributed by atoms with Gasteiger partial charge >= 0.3 is 5.97 Å². The monoisotopic (exact) mass is 401 g/mol. The van der Waals surface area contributed by atoms with E-state index in [0.717, 1.165) is 12.1 Å². The molecule has 1 atom stereocenters. The molecule has 2 aromatic heterocycles. The van der Waals surface area contributed by atoms with Crippen LogP contribution in [0.3, 0.4) is 0 Å². The van der Waals surface area contributed by atoms with E-state index < -0.39 is 0 Å². The SMILES string of the molecule is CCC[C@H](Sc1nnc(-c2ccco2)n1-c1ccccc1OC)C(=O)OCC. The van der Waals surface area contributed by atoms with Crippen LogP contribution in [0.4, 0.5) is 0 Å². The van der Waals surface area contributed by atoms with Gasteiger partial charge in [0.05, 0.1) is 25.7 Å². The van der Waals surface area contributed by atoms with Crippen LogP contribution in [0, 0.1) is 0 Å². The lowest BCUT2D eigenvalue weighted by Gasteiger charge is -2.16. The summed E-state index contributed by atoms with van der Waals surface area (Å²) in [5.41, 5.74) is 0.767. The third-order valence-corrected chi connectivity index (χ3v) is 5.24. The molecule has 3 rings (SSSR count). The van der Waals surface area contributed by atoms with E-state index in [9.17, 15) is 4.79 Å². The first kappa shape index (κ1) is 20.0. The summed E-state index contributed by atoms with van der Waals surface area (Å²) in [6.45, 7) is 4.18. The molecule has 1 aromatic carbocycles. The predicted molar refractivity (Wildman–Crippen MR) is 107 cm³/mol. The third-order valence-electron chi connectivity index (χ3n) is 4.05. The molecular formula is C20H23N3O4S. The number of para-hydroxylation sites is 2. The number of thioether (sulfide) groups is 1. The maximum Gasteiger partial charge on any atom is 0.319 e. The smallest absolute Gasteiger partial charge is 0.319 e. The van der Waals surface area contributed by atoms with E-state index in [1.807, 2.05) is 41.8 Å². The number of benzene rings is 1. The normalized spacial score (nSPS) is 12.0.